The molecule has 0 N–H and O–H groups in total. The third kappa shape index (κ3) is 3.92. The van der Waals surface area contributed by atoms with Crippen LogP contribution in [0.3, 0.4) is 0 Å². The van der Waals surface area contributed by atoms with Gasteiger partial charge in [-0.15, -0.1) is 12.3 Å². The Morgan fingerprint density at radius 2 is 2.22 bits per heavy atom. The average Bonchev–Trinajstić information content (AvgIpc) is 2.54. The summed E-state index contributed by atoms with van der Waals surface area (Å²) in [6.45, 7) is 1.56. The highest BCUT2D eigenvalue weighted by atomic mass is 16.6. The van der Waals surface area contributed by atoms with E-state index in [1.165, 1.54) is 18.2 Å². The summed E-state index contributed by atoms with van der Waals surface area (Å²) >= 11 is 0. The lowest BCUT2D eigenvalue weighted by atomic mass is 10.1. The van der Waals surface area contributed by atoms with Gasteiger partial charge in [0.2, 0.25) is 0 Å². The highest BCUT2D eigenvalue weighted by Gasteiger charge is 2.20. The Kier molecular flexibility index (Phi) is 5.05. The summed E-state index contributed by atoms with van der Waals surface area (Å²) < 4.78 is 5.40. The number of nitro benzene ring substituents is 1. The largest absolute Gasteiger partial charge is 0.451 e. The molecular formula is C17H14N2O4. The van der Waals surface area contributed by atoms with Crippen LogP contribution in [0.2, 0.25) is 0 Å². The highest BCUT2D eigenvalue weighted by molar-refractivity contribution is 5.90. The van der Waals surface area contributed by atoms with Gasteiger partial charge in [-0.05, 0) is 31.2 Å². The Bertz CT molecular complexity index is 766. The Morgan fingerprint density at radius 3 is 2.78 bits per heavy atom. The van der Waals surface area contributed by atoms with E-state index >= 15 is 0 Å². The van der Waals surface area contributed by atoms with Crippen molar-refractivity contribution in [2.45, 2.75) is 19.4 Å². The molecule has 1 aromatic carbocycles. The third-order valence-corrected chi connectivity index (χ3v) is 3.20. The van der Waals surface area contributed by atoms with Crippen LogP contribution >= 0.6 is 0 Å². The van der Waals surface area contributed by atoms with E-state index in [9.17, 15) is 14.9 Å². The normalized spacial score (nSPS) is 11.3. The van der Waals surface area contributed by atoms with Gasteiger partial charge in [0.15, 0.2) is 6.10 Å². The smallest absolute Gasteiger partial charge is 0.338 e. The lowest BCUT2D eigenvalue weighted by molar-refractivity contribution is -0.385. The van der Waals surface area contributed by atoms with E-state index in [4.69, 9.17) is 11.2 Å². The molecule has 0 unspecified atom stereocenters. The molecule has 23 heavy (non-hydrogen) atoms. The molecule has 1 atom stereocenters. The van der Waals surface area contributed by atoms with Crippen LogP contribution < -0.4 is 0 Å². The number of hydrogen-bond acceptors (Lipinski definition) is 5. The SMILES string of the molecule is C#CC[C@@H](OC(=O)c1ccc([N+](=O)[O-])c(C)c1)c1ccccn1. The van der Waals surface area contributed by atoms with Crippen LogP contribution in [0.4, 0.5) is 5.69 Å². The van der Waals surface area contributed by atoms with Crippen LogP contribution in [0.5, 0.6) is 0 Å². The molecule has 0 amide bonds. The van der Waals surface area contributed by atoms with E-state index < -0.39 is 17.0 Å². The fourth-order valence-electron chi connectivity index (χ4n) is 2.06. The maximum absolute atomic E-state index is 12.2. The molecule has 2 aromatic rings. The van der Waals surface area contributed by atoms with Gasteiger partial charge in [0.25, 0.3) is 5.69 Å². The van der Waals surface area contributed by atoms with Crippen molar-refractivity contribution in [3.63, 3.8) is 0 Å². The molecule has 0 bridgehead atoms. The molecule has 1 heterocycles. The first-order valence-corrected chi connectivity index (χ1v) is 6.83. The van der Waals surface area contributed by atoms with E-state index in [0.29, 0.717) is 11.3 Å². The molecule has 0 spiro atoms. The summed E-state index contributed by atoms with van der Waals surface area (Å²) in [5, 5.41) is 10.8. The maximum Gasteiger partial charge on any atom is 0.338 e. The predicted molar refractivity (Wildman–Crippen MR) is 83.7 cm³/mol. The number of carbonyl (C=O) groups is 1. The van der Waals surface area contributed by atoms with Crippen LogP contribution in [0.15, 0.2) is 42.6 Å². The van der Waals surface area contributed by atoms with Crippen molar-refractivity contribution in [2.24, 2.45) is 0 Å². The topological polar surface area (TPSA) is 82.3 Å². The van der Waals surface area contributed by atoms with Gasteiger partial charge in [0, 0.05) is 17.8 Å². The molecule has 116 valence electrons. The number of nitrogens with zero attached hydrogens (tertiary/aromatic N) is 2. The molecule has 6 heteroatoms. The van der Waals surface area contributed by atoms with Gasteiger partial charge < -0.3 is 4.74 Å². The molecule has 0 aliphatic rings. The van der Waals surface area contributed by atoms with Gasteiger partial charge in [-0.25, -0.2) is 4.79 Å². The second-order valence-corrected chi connectivity index (χ2v) is 4.82. The van der Waals surface area contributed by atoms with Crippen molar-refractivity contribution >= 4 is 11.7 Å². The van der Waals surface area contributed by atoms with E-state index in [2.05, 4.69) is 10.9 Å². The first-order chi connectivity index (χ1) is 11.0. The van der Waals surface area contributed by atoms with Crippen LogP contribution in [0.25, 0.3) is 0 Å². The second-order valence-electron chi connectivity index (χ2n) is 4.82. The molecule has 2 rings (SSSR count). The van der Waals surface area contributed by atoms with Crippen molar-refractivity contribution in [1.82, 2.24) is 4.98 Å². The number of terminal acetylenes is 1. The molecule has 1 aromatic heterocycles. The van der Waals surface area contributed by atoms with Crippen LogP contribution in [-0.4, -0.2) is 15.9 Å². The summed E-state index contributed by atoms with van der Waals surface area (Å²) in [5.41, 5.74) is 1.12. The van der Waals surface area contributed by atoms with Gasteiger partial charge in [-0.1, -0.05) is 6.07 Å². The number of esters is 1. The number of pyridine rings is 1. The molecule has 0 fully saturated rings. The number of ether oxygens (including phenoxy) is 1. The van der Waals surface area contributed by atoms with Gasteiger partial charge in [0.05, 0.1) is 22.6 Å². The van der Waals surface area contributed by atoms with E-state index in [-0.39, 0.29) is 17.7 Å². The second kappa shape index (κ2) is 7.18. The lowest BCUT2D eigenvalue weighted by Gasteiger charge is -2.15. The van der Waals surface area contributed by atoms with Crippen molar-refractivity contribution in [3.8, 4) is 12.3 Å². The fraction of sp³-hybridized carbons (Fsp3) is 0.176. The predicted octanol–water partition coefficient (Wildman–Crippen LogP) is 3.22. The lowest BCUT2D eigenvalue weighted by Crippen LogP contribution is -2.13. The molecule has 0 aliphatic carbocycles. The van der Waals surface area contributed by atoms with Crippen molar-refractivity contribution in [3.05, 3.63) is 69.5 Å². The first-order valence-electron chi connectivity index (χ1n) is 6.83. The Labute approximate surface area is 133 Å². The summed E-state index contributed by atoms with van der Waals surface area (Å²) in [4.78, 5) is 26.7. The summed E-state index contributed by atoms with van der Waals surface area (Å²) in [7, 11) is 0. The number of hydrogen-bond donors (Lipinski definition) is 0. The zero-order chi connectivity index (χ0) is 16.8. The monoisotopic (exact) mass is 310 g/mol. The summed E-state index contributed by atoms with van der Waals surface area (Å²) in [6.07, 6.45) is 6.43. The molecule has 0 saturated heterocycles. The molecular weight excluding hydrogens is 296 g/mol. The molecule has 0 saturated carbocycles. The van der Waals surface area contributed by atoms with Gasteiger partial charge in [0.1, 0.15) is 0 Å². The average molecular weight is 310 g/mol. The number of rotatable bonds is 5. The Balaban J connectivity index is 2.21. The van der Waals surface area contributed by atoms with Crippen LogP contribution in [0, 0.1) is 29.4 Å². The minimum Gasteiger partial charge on any atom is -0.451 e. The molecule has 0 radical (unpaired) electrons. The number of nitro groups is 1. The third-order valence-electron chi connectivity index (χ3n) is 3.20. The van der Waals surface area contributed by atoms with Gasteiger partial charge in [-0.2, -0.15) is 0 Å². The van der Waals surface area contributed by atoms with Crippen LogP contribution in [-0.2, 0) is 4.74 Å². The minimum absolute atomic E-state index is 0.0496. The fourth-order valence-corrected chi connectivity index (χ4v) is 2.06. The van der Waals surface area contributed by atoms with Gasteiger partial charge >= 0.3 is 5.97 Å². The zero-order valence-corrected chi connectivity index (χ0v) is 12.4. The van der Waals surface area contributed by atoms with Crippen molar-refractivity contribution in [2.75, 3.05) is 0 Å². The van der Waals surface area contributed by atoms with Gasteiger partial charge in [-0.3, -0.25) is 15.1 Å². The Hall–Kier alpha value is -3.20. The Morgan fingerprint density at radius 1 is 1.43 bits per heavy atom. The summed E-state index contributed by atoms with van der Waals surface area (Å²) in [6, 6.07) is 9.30. The number of aryl methyl sites for hydroxylation is 1. The van der Waals surface area contributed by atoms with Crippen LogP contribution in [0.1, 0.15) is 34.1 Å². The minimum atomic E-state index is -0.663. The van der Waals surface area contributed by atoms with E-state index in [1.807, 2.05) is 0 Å². The van der Waals surface area contributed by atoms with E-state index in [0.717, 1.165) is 0 Å². The standard InChI is InChI=1S/C17H14N2O4/c1-3-6-16(14-7-4-5-10-18-14)23-17(20)13-8-9-15(19(21)22)12(2)11-13/h1,4-5,7-11,16H,6H2,2H3/t16-/m1/s1. The molecule has 0 aliphatic heterocycles. The maximum atomic E-state index is 12.2. The first kappa shape index (κ1) is 16.2. The zero-order valence-electron chi connectivity index (χ0n) is 12.4. The highest BCUT2D eigenvalue weighted by Crippen LogP contribution is 2.23. The van der Waals surface area contributed by atoms with Crippen molar-refractivity contribution in [1.29, 1.82) is 0 Å². The summed E-state index contributed by atoms with van der Waals surface area (Å²) in [5.74, 6) is 1.85. The molecule has 6 nitrogen and oxygen atoms in total. The number of carbonyl (C=O) groups excluding carboxylic acids is 1. The number of aromatic nitrogens is 1. The van der Waals surface area contributed by atoms with Crippen molar-refractivity contribution < 1.29 is 14.5 Å². The van der Waals surface area contributed by atoms with E-state index in [1.54, 1.807) is 31.3 Å². The number of benzene rings is 1. The quantitative estimate of drug-likeness (QED) is 0.366.